The number of hydrogen-bond donors (Lipinski definition) is 2. The zero-order valence-corrected chi connectivity index (χ0v) is 18.3. The highest BCUT2D eigenvalue weighted by atomic mass is 19.1. The van der Waals surface area contributed by atoms with Gasteiger partial charge in [-0.15, -0.1) is 0 Å². The minimum Gasteiger partial charge on any atom is -0.436 e. The van der Waals surface area contributed by atoms with Crippen molar-refractivity contribution in [2.45, 2.75) is 31.8 Å². The highest BCUT2D eigenvalue weighted by Crippen LogP contribution is 2.52. The Morgan fingerprint density at radius 3 is 2.73 bits per heavy atom. The fourth-order valence-corrected chi connectivity index (χ4v) is 4.87. The summed E-state index contributed by atoms with van der Waals surface area (Å²) in [6.45, 7) is 4.03. The van der Waals surface area contributed by atoms with Crippen LogP contribution in [0.4, 0.5) is 16.0 Å². The first-order chi connectivity index (χ1) is 16.0. The maximum Gasteiger partial charge on any atom is 0.219 e. The van der Waals surface area contributed by atoms with Gasteiger partial charge in [0.25, 0.3) is 0 Å². The molecule has 1 aliphatic heterocycles. The molecule has 168 valence electrons. The van der Waals surface area contributed by atoms with E-state index in [1.807, 2.05) is 25.1 Å². The zero-order valence-electron chi connectivity index (χ0n) is 18.3. The maximum absolute atomic E-state index is 15.2. The molecule has 4 N–H and O–H groups in total. The molecule has 8 nitrogen and oxygen atoms in total. The molecule has 33 heavy (non-hydrogen) atoms. The fraction of sp³-hybridized carbons (Fsp3) is 0.292. The molecule has 4 aromatic rings. The largest absolute Gasteiger partial charge is 0.436 e. The number of nitrogen functional groups attached to an aromatic ring is 1. The maximum atomic E-state index is 15.2. The van der Waals surface area contributed by atoms with E-state index in [1.54, 1.807) is 12.1 Å². The molecule has 1 fully saturated rings. The molecule has 1 aliphatic carbocycles. The summed E-state index contributed by atoms with van der Waals surface area (Å²) in [5.41, 5.74) is 15.5. The molecule has 6 rings (SSSR count). The van der Waals surface area contributed by atoms with Crippen LogP contribution in [0.25, 0.3) is 22.2 Å². The number of aryl methyl sites for hydroxylation is 1. The second-order valence-corrected chi connectivity index (χ2v) is 8.75. The van der Waals surface area contributed by atoms with Gasteiger partial charge in [0.15, 0.2) is 11.6 Å². The van der Waals surface area contributed by atoms with Crippen LogP contribution < -0.4 is 21.1 Å². The van der Waals surface area contributed by atoms with Gasteiger partial charge in [0, 0.05) is 37.0 Å². The average Bonchev–Trinajstić information content (AvgIpc) is 3.36. The lowest BCUT2D eigenvalue weighted by molar-refractivity contribution is 0.427. The number of nitrogens with two attached hydrogens (primary N) is 2. The van der Waals surface area contributed by atoms with Gasteiger partial charge in [0.05, 0.1) is 10.9 Å². The van der Waals surface area contributed by atoms with Crippen molar-refractivity contribution in [3.8, 4) is 22.8 Å². The lowest BCUT2D eigenvalue weighted by atomic mass is 10.0. The first kappa shape index (κ1) is 19.9. The highest BCUT2D eigenvalue weighted by molar-refractivity contribution is 6.07. The third-order valence-corrected chi connectivity index (χ3v) is 6.72. The zero-order chi connectivity index (χ0) is 22.7. The van der Waals surface area contributed by atoms with Crippen LogP contribution >= 0.6 is 0 Å². The second kappa shape index (κ2) is 7.14. The van der Waals surface area contributed by atoms with Gasteiger partial charge in [-0.05, 0) is 43.5 Å². The molecule has 0 amide bonds. The van der Waals surface area contributed by atoms with Crippen LogP contribution in [0.15, 0.2) is 42.7 Å². The Hall–Kier alpha value is -3.72. The third kappa shape index (κ3) is 3.03. The van der Waals surface area contributed by atoms with Crippen LogP contribution in [0.3, 0.4) is 0 Å². The topological polar surface area (TPSA) is 108 Å². The predicted molar refractivity (Wildman–Crippen MR) is 125 cm³/mol. The summed E-state index contributed by atoms with van der Waals surface area (Å²) in [6.07, 6.45) is 3.55. The van der Waals surface area contributed by atoms with E-state index in [-0.39, 0.29) is 11.3 Å². The van der Waals surface area contributed by atoms with Crippen molar-refractivity contribution < 1.29 is 9.13 Å². The second-order valence-electron chi connectivity index (χ2n) is 8.75. The van der Waals surface area contributed by atoms with E-state index >= 15 is 4.39 Å². The lowest BCUT2D eigenvalue weighted by Gasteiger charge is -2.29. The summed E-state index contributed by atoms with van der Waals surface area (Å²) in [5.74, 6) is 1.33. The Morgan fingerprint density at radius 1 is 1.15 bits per heavy atom. The minimum atomic E-state index is -0.483. The van der Waals surface area contributed by atoms with Crippen LogP contribution in [-0.2, 0) is 6.54 Å². The first-order valence-electron chi connectivity index (χ1n) is 11.0. The molecular weight excluding hydrogens is 421 g/mol. The van der Waals surface area contributed by atoms with E-state index < -0.39 is 5.82 Å². The summed E-state index contributed by atoms with van der Waals surface area (Å²) >= 11 is 0. The van der Waals surface area contributed by atoms with Crippen molar-refractivity contribution in [3.63, 3.8) is 0 Å². The molecule has 0 bridgehead atoms. The van der Waals surface area contributed by atoms with E-state index in [9.17, 15) is 0 Å². The van der Waals surface area contributed by atoms with Crippen LogP contribution in [0.2, 0.25) is 0 Å². The van der Waals surface area contributed by atoms with Crippen molar-refractivity contribution in [1.29, 1.82) is 0 Å². The van der Waals surface area contributed by atoms with Gasteiger partial charge in [-0.3, -0.25) is 0 Å². The van der Waals surface area contributed by atoms with Gasteiger partial charge >= 0.3 is 0 Å². The van der Waals surface area contributed by atoms with E-state index in [2.05, 4.69) is 24.4 Å². The number of nitrogens with zero attached hydrogens (tertiary/aromatic N) is 5. The number of aromatic nitrogens is 4. The molecule has 1 aromatic carbocycles. The summed E-state index contributed by atoms with van der Waals surface area (Å²) in [7, 11) is 0. The number of fused-ring (bicyclic) bond motifs is 3. The quantitative estimate of drug-likeness (QED) is 0.483. The van der Waals surface area contributed by atoms with E-state index in [4.69, 9.17) is 16.2 Å². The Bertz CT molecular complexity index is 1400. The van der Waals surface area contributed by atoms with E-state index in [1.165, 1.54) is 12.4 Å². The van der Waals surface area contributed by atoms with Crippen LogP contribution in [0, 0.1) is 12.7 Å². The molecule has 0 unspecified atom stereocenters. The summed E-state index contributed by atoms with van der Waals surface area (Å²) in [5, 5.41) is 0.735. The smallest absolute Gasteiger partial charge is 0.219 e. The van der Waals surface area contributed by atoms with Crippen molar-refractivity contribution >= 4 is 22.7 Å². The number of anilines is 2. The normalized spacial score (nSPS) is 16.3. The van der Waals surface area contributed by atoms with Gasteiger partial charge in [-0.1, -0.05) is 12.1 Å². The van der Waals surface area contributed by atoms with Crippen molar-refractivity contribution in [2.75, 3.05) is 23.7 Å². The molecule has 4 heterocycles. The van der Waals surface area contributed by atoms with Crippen molar-refractivity contribution in [2.24, 2.45) is 5.73 Å². The van der Waals surface area contributed by atoms with Gasteiger partial charge in [0.1, 0.15) is 23.6 Å². The molecule has 3 aromatic heterocycles. The standard InChI is InChI=1S/C24H24FN7O/c1-14-3-2-4-18(30-14)33-17-6-5-15(11-16(17)25)19-20-21(27)28-13-29-22(20)31-9-10-32(23(19)31)24(12-26)7-8-24/h2-6,11,13H,7-10,12,26H2,1H3,(H2,27,28,29). The van der Waals surface area contributed by atoms with Gasteiger partial charge in [0.2, 0.25) is 5.88 Å². The van der Waals surface area contributed by atoms with Crippen LogP contribution in [-0.4, -0.2) is 38.1 Å². The Balaban J connectivity index is 1.49. The number of pyridine rings is 1. The van der Waals surface area contributed by atoms with Gasteiger partial charge in [-0.25, -0.2) is 19.3 Å². The number of hydrogen-bond acceptors (Lipinski definition) is 7. The number of halogens is 1. The molecule has 1 saturated carbocycles. The highest BCUT2D eigenvalue weighted by Gasteiger charge is 2.50. The fourth-order valence-electron chi connectivity index (χ4n) is 4.87. The van der Waals surface area contributed by atoms with Gasteiger partial charge in [-0.2, -0.15) is 0 Å². The van der Waals surface area contributed by atoms with Gasteiger partial charge < -0.3 is 25.7 Å². The molecular formula is C24H24FN7O. The number of rotatable bonds is 5. The monoisotopic (exact) mass is 445 g/mol. The van der Waals surface area contributed by atoms with Crippen molar-refractivity contribution in [3.05, 3.63) is 54.2 Å². The average molecular weight is 446 g/mol. The molecule has 0 atom stereocenters. The Morgan fingerprint density at radius 2 is 2.00 bits per heavy atom. The van der Waals surface area contributed by atoms with Crippen LogP contribution in [0.5, 0.6) is 11.6 Å². The molecule has 0 spiro atoms. The van der Waals surface area contributed by atoms with Crippen LogP contribution in [0.1, 0.15) is 18.5 Å². The summed E-state index contributed by atoms with van der Waals surface area (Å²) < 4.78 is 23.1. The summed E-state index contributed by atoms with van der Waals surface area (Å²) in [6, 6.07) is 10.3. The molecule has 9 heteroatoms. The Kier molecular flexibility index (Phi) is 4.31. The minimum absolute atomic E-state index is 0.0575. The van der Waals surface area contributed by atoms with Crippen molar-refractivity contribution in [1.82, 2.24) is 19.5 Å². The Labute approximate surface area is 190 Å². The first-order valence-corrected chi connectivity index (χ1v) is 11.0. The number of benzene rings is 1. The van der Waals surface area contributed by atoms with E-state index in [0.29, 0.717) is 23.8 Å². The number of ether oxygens (including phenoxy) is 1. The molecule has 0 radical (unpaired) electrons. The predicted octanol–water partition coefficient (Wildman–Crippen LogP) is 3.63. The summed E-state index contributed by atoms with van der Waals surface area (Å²) in [4.78, 5) is 15.4. The lowest BCUT2D eigenvalue weighted by Crippen LogP contribution is -2.42. The third-order valence-electron chi connectivity index (χ3n) is 6.72. The molecule has 0 saturated heterocycles. The van der Waals surface area contributed by atoms with E-state index in [0.717, 1.165) is 54.0 Å². The SMILES string of the molecule is Cc1cccc(Oc2ccc(-c3c4n(c5ncnc(N)c35)CCN4C3(CN)CC3)cc2F)n1. The molecule has 2 aliphatic rings.